The van der Waals surface area contributed by atoms with Crippen molar-refractivity contribution in [3.63, 3.8) is 0 Å². The van der Waals surface area contributed by atoms with Gasteiger partial charge in [-0.05, 0) is 73.5 Å². The highest BCUT2D eigenvalue weighted by atomic mass is 16.5. The number of ether oxygens (including phenoxy) is 5. The van der Waals surface area contributed by atoms with Crippen LogP contribution in [0.25, 0.3) is 24.3 Å². The van der Waals surface area contributed by atoms with Crippen molar-refractivity contribution in [1.29, 1.82) is 0 Å². The molecule has 2 aliphatic rings. The number of nitrogens with zero attached hydrogens (tertiary/aromatic N) is 3. The number of aromatic amines is 1. The number of benzene rings is 2. The van der Waals surface area contributed by atoms with Crippen molar-refractivity contribution in [1.82, 2.24) is 20.0 Å². The predicted octanol–water partition coefficient (Wildman–Crippen LogP) is 4.74. The van der Waals surface area contributed by atoms with Crippen molar-refractivity contribution in [2.24, 2.45) is 0 Å². The maximum Gasteiger partial charge on any atom is 0.129 e. The minimum Gasteiger partial charge on any atom is -0.496 e. The summed E-state index contributed by atoms with van der Waals surface area (Å²) >= 11 is 0. The summed E-state index contributed by atoms with van der Waals surface area (Å²) in [4.78, 5) is 4.83. The third kappa shape index (κ3) is 9.43. The number of H-pyrrole nitrogens is 1. The highest BCUT2D eigenvalue weighted by Crippen LogP contribution is 2.27. The molecule has 0 saturated carbocycles. The molecule has 230 valence electrons. The van der Waals surface area contributed by atoms with Crippen molar-refractivity contribution >= 4 is 24.3 Å². The third-order valence-electron chi connectivity index (χ3n) is 7.82. The fourth-order valence-electron chi connectivity index (χ4n) is 5.30. The molecule has 0 amide bonds. The van der Waals surface area contributed by atoms with E-state index in [4.69, 9.17) is 23.7 Å². The van der Waals surface area contributed by atoms with Crippen LogP contribution >= 0.6 is 0 Å². The van der Waals surface area contributed by atoms with E-state index in [0.29, 0.717) is 6.61 Å². The van der Waals surface area contributed by atoms with E-state index >= 15 is 0 Å². The van der Waals surface area contributed by atoms with Crippen LogP contribution in [-0.4, -0.2) is 107 Å². The summed E-state index contributed by atoms with van der Waals surface area (Å²) in [5, 5.41) is 7.55. The molecule has 0 spiro atoms. The van der Waals surface area contributed by atoms with Crippen molar-refractivity contribution in [3.8, 4) is 17.2 Å². The molecule has 1 aromatic heterocycles. The number of morpholine rings is 2. The summed E-state index contributed by atoms with van der Waals surface area (Å²) in [6.45, 7) is 9.88. The number of rotatable bonds is 14. The lowest BCUT2D eigenvalue weighted by molar-refractivity contribution is 0.0322. The molecule has 2 aliphatic heterocycles. The van der Waals surface area contributed by atoms with E-state index in [9.17, 15) is 0 Å². The summed E-state index contributed by atoms with van der Waals surface area (Å²) in [6, 6.07) is 14.4. The first-order valence-electron chi connectivity index (χ1n) is 15.2. The molecule has 9 nitrogen and oxygen atoms in total. The van der Waals surface area contributed by atoms with Crippen molar-refractivity contribution < 1.29 is 23.7 Å². The summed E-state index contributed by atoms with van der Waals surface area (Å²) in [6.07, 6.45) is 10.2. The maximum atomic E-state index is 5.97. The van der Waals surface area contributed by atoms with Crippen LogP contribution in [0.1, 0.15) is 34.5 Å². The quantitative estimate of drug-likeness (QED) is 0.289. The molecule has 3 aromatic rings. The van der Waals surface area contributed by atoms with E-state index < -0.39 is 0 Å². The Kier molecular flexibility index (Phi) is 11.7. The number of hydrogen-bond acceptors (Lipinski definition) is 8. The van der Waals surface area contributed by atoms with Gasteiger partial charge in [-0.3, -0.25) is 14.9 Å². The maximum absolute atomic E-state index is 5.97. The zero-order valence-electron chi connectivity index (χ0n) is 25.4. The molecule has 2 fully saturated rings. The molecule has 9 heteroatoms. The van der Waals surface area contributed by atoms with Crippen LogP contribution in [0.15, 0.2) is 42.5 Å². The monoisotopic (exact) mass is 588 g/mol. The Morgan fingerprint density at radius 1 is 0.767 bits per heavy atom. The zero-order chi connectivity index (χ0) is 29.7. The molecule has 2 aromatic carbocycles. The van der Waals surface area contributed by atoms with Gasteiger partial charge in [0.05, 0.1) is 52.0 Å². The van der Waals surface area contributed by atoms with Gasteiger partial charge in [0.25, 0.3) is 0 Å². The highest BCUT2D eigenvalue weighted by Gasteiger charge is 2.12. The fourth-order valence-corrected chi connectivity index (χ4v) is 5.30. The Labute approximate surface area is 255 Å². The first-order chi connectivity index (χ1) is 21.2. The van der Waals surface area contributed by atoms with Crippen molar-refractivity contribution in [3.05, 3.63) is 70.5 Å². The topological polar surface area (TPSA) is 81.3 Å². The van der Waals surface area contributed by atoms with Gasteiger partial charge in [0.2, 0.25) is 0 Å². The fraction of sp³-hybridized carbons (Fsp3) is 0.441. The SMILES string of the molecule is COc1cc(CCCN2CCOCC2)ccc1/C=C/c1cc(/C=C/c2ccc(OCCN3CCOCC3)cc2OC)n[nH]1. The predicted molar refractivity (Wildman–Crippen MR) is 171 cm³/mol. The Balaban J connectivity index is 1.13. The number of aromatic nitrogens is 2. The van der Waals surface area contributed by atoms with Gasteiger partial charge in [-0.15, -0.1) is 0 Å². The highest BCUT2D eigenvalue weighted by molar-refractivity contribution is 5.75. The standard InChI is InChI=1S/C34H44N4O5/c1-39-33-24-27(4-3-13-37-14-19-41-20-15-37)5-6-28(33)7-10-30-25-31(36-35-30)11-8-29-9-12-32(26-34(29)40-2)43-23-18-38-16-21-42-22-17-38/h5-12,24-26H,3-4,13-23H2,1-2H3,(H,35,36)/b10-7+,11-8+. The molecule has 1 N–H and O–H groups in total. The van der Waals surface area contributed by atoms with Crippen LogP contribution < -0.4 is 14.2 Å². The van der Waals surface area contributed by atoms with E-state index in [1.165, 1.54) is 5.56 Å². The zero-order valence-corrected chi connectivity index (χ0v) is 25.4. The van der Waals surface area contributed by atoms with Crippen LogP contribution in [0.2, 0.25) is 0 Å². The Morgan fingerprint density at radius 2 is 1.42 bits per heavy atom. The smallest absolute Gasteiger partial charge is 0.129 e. The van der Waals surface area contributed by atoms with Crippen LogP contribution in [0, 0.1) is 0 Å². The largest absolute Gasteiger partial charge is 0.496 e. The third-order valence-corrected chi connectivity index (χ3v) is 7.82. The average Bonchev–Trinajstić information content (AvgIpc) is 3.52. The first-order valence-corrected chi connectivity index (χ1v) is 15.2. The second kappa shape index (κ2) is 16.3. The number of aryl methyl sites for hydroxylation is 1. The summed E-state index contributed by atoms with van der Waals surface area (Å²) in [7, 11) is 3.40. The lowest BCUT2D eigenvalue weighted by Crippen LogP contribution is -2.38. The summed E-state index contributed by atoms with van der Waals surface area (Å²) in [5.41, 5.74) is 5.02. The van der Waals surface area contributed by atoms with E-state index in [1.807, 2.05) is 42.5 Å². The molecule has 0 aliphatic carbocycles. The van der Waals surface area contributed by atoms with E-state index in [-0.39, 0.29) is 0 Å². The number of nitrogens with one attached hydrogen (secondary N) is 1. The van der Waals surface area contributed by atoms with Crippen molar-refractivity contribution in [2.75, 3.05) is 86.5 Å². The van der Waals surface area contributed by atoms with Gasteiger partial charge in [0.1, 0.15) is 23.9 Å². The second-order valence-electron chi connectivity index (χ2n) is 10.8. The Hall–Kier alpha value is -3.63. The lowest BCUT2D eigenvalue weighted by atomic mass is 10.1. The molecule has 2 saturated heterocycles. The Morgan fingerprint density at radius 3 is 2.14 bits per heavy atom. The average molecular weight is 589 g/mol. The second-order valence-corrected chi connectivity index (χ2v) is 10.8. The minimum atomic E-state index is 0.632. The summed E-state index contributed by atoms with van der Waals surface area (Å²) < 4.78 is 28.2. The number of hydrogen-bond donors (Lipinski definition) is 1. The summed E-state index contributed by atoms with van der Waals surface area (Å²) in [5.74, 6) is 2.43. The van der Waals surface area contributed by atoms with Gasteiger partial charge in [0, 0.05) is 49.9 Å². The van der Waals surface area contributed by atoms with Gasteiger partial charge in [0.15, 0.2) is 0 Å². The Bertz CT molecular complexity index is 1240. The normalized spacial score (nSPS) is 16.7. The van der Waals surface area contributed by atoms with Gasteiger partial charge in [-0.2, -0.15) is 5.10 Å². The molecular weight excluding hydrogens is 544 g/mol. The van der Waals surface area contributed by atoms with Gasteiger partial charge < -0.3 is 23.7 Å². The van der Waals surface area contributed by atoms with Gasteiger partial charge >= 0.3 is 0 Å². The molecule has 5 rings (SSSR count). The van der Waals surface area contributed by atoms with E-state index in [1.54, 1.807) is 14.2 Å². The molecule has 0 radical (unpaired) electrons. The van der Waals surface area contributed by atoms with Crippen LogP contribution in [0.3, 0.4) is 0 Å². The first kappa shape index (κ1) is 30.8. The number of methoxy groups -OCH3 is 2. The molecule has 43 heavy (non-hydrogen) atoms. The molecule has 0 unspecified atom stereocenters. The van der Waals surface area contributed by atoms with Crippen molar-refractivity contribution in [2.45, 2.75) is 12.8 Å². The van der Waals surface area contributed by atoms with E-state index in [2.05, 4.69) is 44.3 Å². The minimum absolute atomic E-state index is 0.632. The van der Waals surface area contributed by atoms with Crippen LogP contribution in [-0.2, 0) is 15.9 Å². The van der Waals surface area contributed by atoms with E-state index in [0.717, 1.165) is 118 Å². The molecular formula is C34H44N4O5. The lowest BCUT2D eigenvalue weighted by Gasteiger charge is -2.26. The van der Waals surface area contributed by atoms with Gasteiger partial charge in [-0.1, -0.05) is 12.1 Å². The molecule has 0 bridgehead atoms. The molecule has 0 atom stereocenters. The van der Waals surface area contributed by atoms with Crippen LogP contribution in [0.5, 0.6) is 17.2 Å². The van der Waals surface area contributed by atoms with Gasteiger partial charge in [-0.25, -0.2) is 0 Å². The van der Waals surface area contributed by atoms with Crippen LogP contribution in [0.4, 0.5) is 0 Å². The molecule has 3 heterocycles.